The second kappa shape index (κ2) is 6.06. The number of aromatic nitrogens is 2. The number of aromatic carboxylic acids is 1. The molecule has 0 atom stereocenters. The van der Waals surface area contributed by atoms with E-state index in [4.69, 9.17) is 11.6 Å². The molecule has 122 valence electrons. The normalized spacial score (nSPS) is 11.4. The van der Waals surface area contributed by atoms with Crippen LogP contribution in [0.3, 0.4) is 0 Å². The van der Waals surface area contributed by atoms with Crippen LogP contribution in [0.5, 0.6) is 0 Å². The number of para-hydroxylation sites is 1. The number of carbonyl (C=O) groups is 1. The Morgan fingerprint density at radius 3 is 2.62 bits per heavy atom. The number of anilines is 1. The van der Waals surface area contributed by atoms with Crippen molar-refractivity contribution < 1.29 is 18.3 Å². The molecule has 24 heavy (non-hydrogen) atoms. The molecule has 0 fully saturated rings. The van der Waals surface area contributed by atoms with Crippen LogP contribution < -0.4 is 4.72 Å². The third-order valence-corrected chi connectivity index (χ3v) is 4.84. The van der Waals surface area contributed by atoms with Crippen LogP contribution in [0.4, 0.5) is 5.69 Å². The summed E-state index contributed by atoms with van der Waals surface area (Å²) in [4.78, 5) is 19.3. The standard InChI is InChI=1S/C15H10ClN3O4S/c16-9-4-5-10(15(20)21)12(8-9)19-24(22,23)13-3-1-2-11-14(13)18-7-6-17-11/h1-8,19H,(H,20,21). The average molecular weight is 364 g/mol. The monoisotopic (exact) mass is 363 g/mol. The number of sulfonamides is 1. The summed E-state index contributed by atoms with van der Waals surface area (Å²) in [5, 5.41) is 9.40. The van der Waals surface area contributed by atoms with E-state index < -0.39 is 16.0 Å². The Kier molecular flexibility index (Phi) is 4.08. The van der Waals surface area contributed by atoms with Crippen molar-refractivity contribution >= 4 is 44.3 Å². The van der Waals surface area contributed by atoms with Crippen molar-refractivity contribution in [3.8, 4) is 0 Å². The molecule has 3 aromatic rings. The minimum absolute atomic E-state index is 0.107. The minimum Gasteiger partial charge on any atom is -0.478 e. The fourth-order valence-corrected chi connectivity index (χ4v) is 3.58. The summed E-state index contributed by atoms with van der Waals surface area (Å²) in [7, 11) is -4.09. The molecule has 3 rings (SSSR count). The number of halogens is 1. The zero-order chi connectivity index (χ0) is 17.3. The van der Waals surface area contributed by atoms with E-state index in [2.05, 4.69) is 14.7 Å². The lowest BCUT2D eigenvalue weighted by atomic mass is 10.2. The van der Waals surface area contributed by atoms with Gasteiger partial charge in [-0.1, -0.05) is 17.7 Å². The van der Waals surface area contributed by atoms with Gasteiger partial charge in [0, 0.05) is 17.4 Å². The first-order chi connectivity index (χ1) is 11.4. The van der Waals surface area contributed by atoms with Gasteiger partial charge in [-0.3, -0.25) is 14.7 Å². The molecule has 0 bridgehead atoms. The molecule has 0 saturated heterocycles. The molecular weight excluding hydrogens is 354 g/mol. The van der Waals surface area contributed by atoms with Crippen molar-refractivity contribution in [1.29, 1.82) is 0 Å². The van der Waals surface area contributed by atoms with E-state index >= 15 is 0 Å². The van der Waals surface area contributed by atoms with Gasteiger partial charge in [0.05, 0.1) is 16.8 Å². The lowest BCUT2D eigenvalue weighted by Crippen LogP contribution is -2.16. The highest BCUT2D eigenvalue weighted by Gasteiger charge is 2.21. The molecule has 1 heterocycles. The SMILES string of the molecule is O=C(O)c1ccc(Cl)cc1NS(=O)(=O)c1cccc2nccnc12. The number of hydrogen-bond donors (Lipinski definition) is 2. The van der Waals surface area contributed by atoms with Crippen molar-refractivity contribution in [2.45, 2.75) is 4.90 Å². The third-order valence-electron chi connectivity index (χ3n) is 3.21. The van der Waals surface area contributed by atoms with E-state index in [-0.39, 0.29) is 26.7 Å². The average Bonchev–Trinajstić information content (AvgIpc) is 2.53. The number of benzene rings is 2. The largest absolute Gasteiger partial charge is 0.478 e. The molecule has 0 aliphatic carbocycles. The third kappa shape index (κ3) is 3.01. The Morgan fingerprint density at radius 1 is 1.12 bits per heavy atom. The number of rotatable bonds is 4. The van der Waals surface area contributed by atoms with Crippen LogP contribution >= 0.6 is 11.6 Å². The first kappa shape index (κ1) is 16.2. The summed E-state index contributed by atoms with van der Waals surface area (Å²) in [6.07, 6.45) is 2.83. The molecule has 9 heteroatoms. The van der Waals surface area contributed by atoms with E-state index in [0.29, 0.717) is 5.52 Å². The van der Waals surface area contributed by atoms with E-state index in [1.54, 1.807) is 6.07 Å². The zero-order valence-electron chi connectivity index (χ0n) is 12.0. The maximum absolute atomic E-state index is 12.7. The predicted molar refractivity (Wildman–Crippen MR) is 88.8 cm³/mol. The van der Waals surface area contributed by atoms with Crippen LogP contribution in [0.15, 0.2) is 53.7 Å². The molecule has 2 aromatic carbocycles. The van der Waals surface area contributed by atoms with E-state index in [9.17, 15) is 18.3 Å². The van der Waals surface area contributed by atoms with Gasteiger partial charge in [-0.15, -0.1) is 0 Å². The fourth-order valence-electron chi connectivity index (χ4n) is 2.17. The van der Waals surface area contributed by atoms with Crippen LogP contribution in [-0.2, 0) is 10.0 Å². The molecule has 2 N–H and O–H groups in total. The Morgan fingerprint density at radius 2 is 1.88 bits per heavy atom. The van der Waals surface area contributed by atoms with Crippen LogP contribution in [0.1, 0.15) is 10.4 Å². The highest BCUT2D eigenvalue weighted by Crippen LogP contribution is 2.26. The topological polar surface area (TPSA) is 109 Å². The van der Waals surface area contributed by atoms with Crippen molar-refractivity contribution in [3.05, 3.63) is 59.4 Å². The van der Waals surface area contributed by atoms with Crippen molar-refractivity contribution in [1.82, 2.24) is 9.97 Å². The highest BCUT2D eigenvalue weighted by molar-refractivity contribution is 7.93. The van der Waals surface area contributed by atoms with Gasteiger partial charge < -0.3 is 5.11 Å². The second-order valence-corrected chi connectivity index (χ2v) is 6.87. The van der Waals surface area contributed by atoms with Gasteiger partial charge in [0.25, 0.3) is 10.0 Å². The van der Waals surface area contributed by atoms with Gasteiger partial charge in [-0.05, 0) is 30.3 Å². The first-order valence-corrected chi connectivity index (χ1v) is 8.50. The lowest BCUT2D eigenvalue weighted by Gasteiger charge is -2.12. The summed E-state index contributed by atoms with van der Waals surface area (Å²) in [5.41, 5.74) is 0.251. The quantitative estimate of drug-likeness (QED) is 0.737. The summed E-state index contributed by atoms with van der Waals surface area (Å²) < 4.78 is 27.6. The van der Waals surface area contributed by atoms with Crippen molar-refractivity contribution in [3.63, 3.8) is 0 Å². The molecular formula is C15H10ClN3O4S. The maximum Gasteiger partial charge on any atom is 0.337 e. The number of carboxylic acid groups (broad SMARTS) is 1. The van der Waals surface area contributed by atoms with Crippen LogP contribution in [0.25, 0.3) is 11.0 Å². The van der Waals surface area contributed by atoms with Gasteiger partial charge in [-0.25, -0.2) is 13.2 Å². The molecule has 0 spiro atoms. The fraction of sp³-hybridized carbons (Fsp3) is 0. The van der Waals surface area contributed by atoms with Crippen LogP contribution in [0, 0.1) is 0 Å². The zero-order valence-corrected chi connectivity index (χ0v) is 13.5. The number of carboxylic acids is 1. The number of hydrogen-bond acceptors (Lipinski definition) is 5. The van der Waals surface area contributed by atoms with Crippen molar-refractivity contribution in [2.24, 2.45) is 0 Å². The Balaban J connectivity index is 2.13. The smallest absolute Gasteiger partial charge is 0.337 e. The van der Waals surface area contributed by atoms with E-state index in [1.165, 1.54) is 42.7 Å². The molecule has 0 aliphatic heterocycles. The maximum atomic E-state index is 12.7. The number of nitrogens with zero attached hydrogens (tertiary/aromatic N) is 2. The molecule has 0 aliphatic rings. The minimum atomic E-state index is -4.09. The molecule has 0 saturated carbocycles. The van der Waals surface area contributed by atoms with Gasteiger partial charge >= 0.3 is 5.97 Å². The molecule has 7 nitrogen and oxygen atoms in total. The summed E-state index contributed by atoms with van der Waals surface area (Å²) >= 11 is 5.84. The molecule has 0 radical (unpaired) electrons. The molecule has 1 aromatic heterocycles. The van der Waals surface area contributed by atoms with Gasteiger partial charge in [0.2, 0.25) is 0 Å². The predicted octanol–water partition coefficient (Wildman–Crippen LogP) is 2.78. The van der Waals surface area contributed by atoms with Gasteiger partial charge in [0.1, 0.15) is 10.4 Å². The first-order valence-electron chi connectivity index (χ1n) is 6.64. The Bertz CT molecular complexity index is 1050. The summed E-state index contributed by atoms with van der Waals surface area (Å²) in [6.45, 7) is 0. The van der Waals surface area contributed by atoms with E-state index in [0.717, 1.165) is 0 Å². The van der Waals surface area contributed by atoms with Gasteiger partial charge in [0.15, 0.2) is 0 Å². The number of fused-ring (bicyclic) bond motifs is 1. The lowest BCUT2D eigenvalue weighted by molar-refractivity contribution is 0.0698. The summed E-state index contributed by atoms with van der Waals surface area (Å²) in [6, 6.07) is 8.35. The molecule has 0 unspecified atom stereocenters. The number of nitrogens with one attached hydrogen (secondary N) is 1. The highest BCUT2D eigenvalue weighted by atomic mass is 35.5. The van der Waals surface area contributed by atoms with Crippen LogP contribution in [-0.4, -0.2) is 29.5 Å². The molecule has 0 amide bonds. The van der Waals surface area contributed by atoms with Crippen LogP contribution in [0.2, 0.25) is 5.02 Å². The second-order valence-electron chi connectivity index (χ2n) is 4.78. The van der Waals surface area contributed by atoms with E-state index in [1.807, 2.05) is 0 Å². The van der Waals surface area contributed by atoms with Crippen molar-refractivity contribution in [2.75, 3.05) is 4.72 Å². The van der Waals surface area contributed by atoms with Gasteiger partial charge in [-0.2, -0.15) is 0 Å². The Hall–Kier alpha value is -2.71. The Labute approximate surface area is 142 Å². The summed E-state index contributed by atoms with van der Waals surface area (Å²) in [5.74, 6) is -1.28.